The summed E-state index contributed by atoms with van der Waals surface area (Å²) in [5.74, 6) is 1.94. The van der Waals surface area contributed by atoms with E-state index in [1.807, 2.05) is 30.5 Å². The molecule has 0 spiro atoms. The lowest BCUT2D eigenvalue weighted by molar-refractivity contribution is 0.0152. The van der Waals surface area contributed by atoms with Gasteiger partial charge in [-0.05, 0) is 43.5 Å². The van der Waals surface area contributed by atoms with Crippen LogP contribution in [0.4, 0.5) is 0 Å². The number of imidazole rings is 1. The van der Waals surface area contributed by atoms with Gasteiger partial charge in [0.05, 0.1) is 18.9 Å². The zero-order valence-electron chi connectivity index (χ0n) is 12.4. The maximum absolute atomic E-state index is 5.87. The van der Waals surface area contributed by atoms with E-state index in [4.69, 9.17) is 14.1 Å². The van der Waals surface area contributed by atoms with Crippen LogP contribution in [0.3, 0.4) is 0 Å². The van der Waals surface area contributed by atoms with Gasteiger partial charge >= 0.3 is 0 Å². The Morgan fingerprint density at radius 1 is 1.23 bits per heavy atom. The first-order valence-corrected chi connectivity index (χ1v) is 7.84. The number of hydrogen-bond donors (Lipinski definition) is 0. The smallest absolute Gasteiger partial charge is 0.160 e. The summed E-state index contributed by atoms with van der Waals surface area (Å²) in [4.78, 5) is 9.26. The first-order chi connectivity index (χ1) is 10.9. The van der Waals surface area contributed by atoms with Crippen molar-refractivity contribution in [1.82, 2.24) is 14.5 Å². The van der Waals surface area contributed by atoms with Crippen molar-refractivity contribution < 1.29 is 9.15 Å². The van der Waals surface area contributed by atoms with Crippen molar-refractivity contribution in [3.05, 3.63) is 48.3 Å². The van der Waals surface area contributed by atoms with Gasteiger partial charge < -0.3 is 13.7 Å². The highest BCUT2D eigenvalue weighted by molar-refractivity contribution is 5.71. The molecule has 1 aliphatic heterocycles. The van der Waals surface area contributed by atoms with Crippen molar-refractivity contribution in [2.24, 2.45) is 0 Å². The van der Waals surface area contributed by atoms with Gasteiger partial charge in [-0.1, -0.05) is 0 Å². The van der Waals surface area contributed by atoms with E-state index in [2.05, 4.69) is 9.55 Å². The summed E-state index contributed by atoms with van der Waals surface area (Å²) in [7, 11) is 0. The monoisotopic (exact) mass is 297 g/mol. The maximum atomic E-state index is 5.87. The van der Waals surface area contributed by atoms with Crippen LogP contribution in [0.25, 0.3) is 11.2 Å². The fourth-order valence-corrected chi connectivity index (χ4v) is 3.06. The third kappa shape index (κ3) is 2.64. The Bertz CT molecular complexity index is 742. The van der Waals surface area contributed by atoms with Crippen LogP contribution >= 0.6 is 0 Å². The predicted octanol–water partition coefficient (Wildman–Crippen LogP) is 3.18. The highest BCUT2D eigenvalue weighted by atomic mass is 16.5. The summed E-state index contributed by atoms with van der Waals surface area (Å²) in [6.07, 6.45) is 8.12. The van der Waals surface area contributed by atoms with E-state index >= 15 is 0 Å². The minimum atomic E-state index is 0.265. The molecule has 5 heteroatoms. The molecule has 0 amide bonds. The lowest BCUT2D eigenvalue weighted by atomic mass is 10.1. The molecule has 3 aromatic heterocycles. The van der Waals surface area contributed by atoms with Gasteiger partial charge in [-0.25, -0.2) is 9.97 Å². The first kappa shape index (κ1) is 13.5. The van der Waals surface area contributed by atoms with Crippen molar-refractivity contribution in [2.75, 3.05) is 6.61 Å². The molecular formula is C17H19N3O2. The minimum absolute atomic E-state index is 0.265. The molecule has 1 fully saturated rings. The number of hydrogen-bond acceptors (Lipinski definition) is 4. The Morgan fingerprint density at radius 2 is 2.23 bits per heavy atom. The molecule has 114 valence electrons. The summed E-state index contributed by atoms with van der Waals surface area (Å²) >= 11 is 0. The average molecular weight is 297 g/mol. The molecule has 0 bridgehead atoms. The van der Waals surface area contributed by atoms with Crippen molar-refractivity contribution in [1.29, 1.82) is 0 Å². The van der Waals surface area contributed by atoms with Crippen molar-refractivity contribution in [3.63, 3.8) is 0 Å². The zero-order valence-corrected chi connectivity index (χ0v) is 12.4. The fourth-order valence-electron chi connectivity index (χ4n) is 3.06. The minimum Gasteiger partial charge on any atom is -0.467 e. The number of rotatable bonds is 4. The SMILES string of the molecule is c1coc(Cn2c(CC3CCCCO3)nc3cccnc32)c1. The normalized spacial score (nSPS) is 18.8. The van der Waals surface area contributed by atoms with Crippen molar-refractivity contribution in [3.8, 4) is 0 Å². The number of aromatic nitrogens is 3. The number of nitrogens with zero attached hydrogens (tertiary/aromatic N) is 3. The van der Waals surface area contributed by atoms with Gasteiger partial charge in [0, 0.05) is 19.2 Å². The molecule has 0 saturated carbocycles. The Kier molecular flexibility index (Phi) is 3.64. The Balaban J connectivity index is 1.69. The van der Waals surface area contributed by atoms with E-state index in [0.717, 1.165) is 42.2 Å². The summed E-state index contributed by atoms with van der Waals surface area (Å²) in [5, 5.41) is 0. The Morgan fingerprint density at radius 3 is 3.05 bits per heavy atom. The van der Waals surface area contributed by atoms with Gasteiger partial charge in [0.15, 0.2) is 5.65 Å². The number of pyridine rings is 1. The van der Waals surface area contributed by atoms with Crippen LogP contribution in [0.2, 0.25) is 0 Å². The fraction of sp³-hybridized carbons (Fsp3) is 0.412. The van der Waals surface area contributed by atoms with E-state index in [1.165, 1.54) is 12.8 Å². The topological polar surface area (TPSA) is 53.1 Å². The van der Waals surface area contributed by atoms with Gasteiger partial charge in [-0.3, -0.25) is 0 Å². The second-order valence-corrected chi connectivity index (χ2v) is 5.73. The van der Waals surface area contributed by atoms with Gasteiger partial charge in [0.1, 0.15) is 17.1 Å². The van der Waals surface area contributed by atoms with Crippen LogP contribution in [0.15, 0.2) is 41.1 Å². The van der Waals surface area contributed by atoms with Crippen LogP contribution in [-0.2, 0) is 17.7 Å². The number of fused-ring (bicyclic) bond motifs is 1. The van der Waals surface area contributed by atoms with Crippen LogP contribution in [0.5, 0.6) is 0 Å². The molecule has 0 aromatic carbocycles. The van der Waals surface area contributed by atoms with Crippen molar-refractivity contribution in [2.45, 2.75) is 38.3 Å². The van der Waals surface area contributed by atoms with E-state index in [-0.39, 0.29) is 6.10 Å². The van der Waals surface area contributed by atoms with E-state index in [0.29, 0.717) is 6.54 Å². The summed E-state index contributed by atoms with van der Waals surface area (Å²) < 4.78 is 13.5. The van der Waals surface area contributed by atoms with E-state index in [9.17, 15) is 0 Å². The molecule has 1 saturated heterocycles. The van der Waals surface area contributed by atoms with Crippen LogP contribution in [0.1, 0.15) is 30.8 Å². The highest BCUT2D eigenvalue weighted by Gasteiger charge is 2.20. The molecule has 4 heterocycles. The second-order valence-electron chi connectivity index (χ2n) is 5.73. The Hall–Kier alpha value is -2.14. The van der Waals surface area contributed by atoms with Crippen molar-refractivity contribution >= 4 is 11.2 Å². The molecule has 3 aromatic rings. The first-order valence-electron chi connectivity index (χ1n) is 7.84. The standard InChI is InChI=1S/C17H19N3O2/c1-2-9-21-13(5-1)11-16-19-15-7-3-8-18-17(15)20(16)12-14-6-4-10-22-14/h3-4,6-8,10,13H,1-2,5,9,11-12H2. The number of ether oxygens (including phenoxy) is 1. The lowest BCUT2D eigenvalue weighted by Crippen LogP contribution is -2.23. The molecule has 1 aliphatic rings. The molecule has 4 rings (SSSR count). The predicted molar refractivity (Wildman–Crippen MR) is 82.6 cm³/mol. The quantitative estimate of drug-likeness (QED) is 0.742. The van der Waals surface area contributed by atoms with Crippen LogP contribution < -0.4 is 0 Å². The third-order valence-corrected chi connectivity index (χ3v) is 4.16. The third-order valence-electron chi connectivity index (χ3n) is 4.16. The van der Waals surface area contributed by atoms with Crippen LogP contribution in [0, 0.1) is 0 Å². The average Bonchev–Trinajstić information content (AvgIpc) is 3.18. The maximum Gasteiger partial charge on any atom is 0.160 e. The molecule has 0 radical (unpaired) electrons. The molecule has 1 unspecified atom stereocenters. The molecule has 1 atom stereocenters. The molecule has 22 heavy (non-hydrogen) atoms. The molecular weight excluding hydrogens is 278 g/mol. The summed E-state index contributed by atoms with van der Waals surface area (Å²) in [6.45, 7) is 1.52. The zero-order chi connectivity index (χ0) is 14.8. The largest absolute Gasteiger partial charge is 0.467 e. The van der Waals surface area contributed by atoms with Gasteiger partial charge in [0.2, 0.25) is 0 Å². The van der Waals surface area contributed by atoms with Gasteiger partial charge in [-0.15, -0.1) is 0 Å². The molecule has 0 aliphatic carbocycles. The van der Waals surface area contributed by atoms with E-state index < -0.39 is 0 Å². The molecule has 0 N–H and O–H groups in total. The highest BCUT2D eigenvalue weighted by Crippen LogP contribution is 2.21. The Labute approximate surface area is 128 Å². The van der Waals surface area contributed by atoms with Crippen LogP contribution in [-0.4, -0.2) is 27.2 Å². The van der Waals surface area contributed by atoms with E-state index in [1.54, 1.807) is 6.26 Å². The number of furan rings is 1. The molecule has 5 nitrogen and oxygen atoms in total. The second kappa shape index (κ2) is 5.93. The van der Waals surface area contributed by atoms with Gasteiger partial charge in [-0.2, -0.15) is 0 Å². The van der Waals surface area contributed by atoms with Gasteiger partial charge in [0.25, 0.3) is 0 Å². The summed E-state index contributed by atoms with van der Waals surface area (Å²) in [5.41, 5.74) is 1.84. The lowest BCUT2D eigenvalue weighted by Gasteiger charge is -2.22. The summed E-state index contributed by atoms with van der Waals surface area (Å²) in [6, 6.07) is 7.82.